The molecule has 2 aromatic rings. The fraction of sp³-hybridized carbons (Fsp3) is 0.333. The van der Waals surface area contributed by atoms with Crippen LogP contribution in [0.5, 0.6) is 0 Å². The first-order valence-corrected chi connectivity index (χ1v) is 8.56. The van der Waals surface area contributed by atoms with Gasteiger partial charge in [0.05, 0.1) is 18.2 Å². The average Bonchev–Trinajstić information content (AvgIpc) is 2.69. The van der Waals surface area contributed by atoms with Gasteiger partial charge in [-0.25, -0.2) is 0 Å². The summed E-state index contributed by atoms with van der Waals surface area (Å²) in [6.45, 7) is 0.469. The Morgan fingerprint density at radius 2 is 1.72 bits per heavy atom. The van der Waals surface area contributed by atoms with Crippen molar-refractivity contribution in [3.8, 4) is 12.1 Å². The lowest BCUT2D eigenvalue weighted by Gasteiger charge is -2.47. The van der Waals surface area contributed by atoms with E-state index >= 15 is 0 Å². The van der Waals surface area contributed by atoms with Crippen LogP contribution < -0.4 is 0 Å². The molecule has 2 aromatic carbocycles. The molecule has 0 bridgehead atoms. The monoisotopic (exact) mass is 331 g/mol. The lowest BCUT2D eigenvalue weighted by Crippen LogP contribution is -2.58. The summed E-state index contributed by atoms with van der Waals surface area (Å²) in [7, 11) is 0. The summed E-state index contributed by atoms with van der Waals surface area (Å²) in [5, 5.41) is 30.8. The number of aliphatic hydroxyl groups is 1. The van der Waals surface area contributed by atoms with E-state index in [1.54, 1.807) is 0 Å². The van der Waals surface area contributed by atoms with Crippen LogP contribution in [0, 0.1) is 22.7 Å². The minimum atomic E-state index is -1.10. The number of hydrogen-bond donors (Lipinski definition) is 1. The fourth-order valence-corrected chi connectivity index (χ4v) is 3.69. The molecule has 0 aromatic heterocycles. The summed E-state index contributed by atoms with van der Waals surface area (Å²) in [6.07, 6.45) is 1.05. The highest BCUT2D eigenvalue weighted by molar-refractivity contribution is 5.29. The van der Waals surface area contributed by atoms with E-state index in [-0.39, 0.29) is 6.04 Å². The lowest BCUT2D eigenvalue weighted by atomic mass is 9.77. The molecule has 3 rings (SSSR count). The predicted molar refractivity (Wildman–Crippen MR) is 95.0 cm³/mol. The summed E-state index contributed by atoms with van der Waals surface area (Å²) in [5.74, 6) is 0. The quantitative estimate of drug-likeness (QED) is 0.930. The van der Waals surface area contributed by atoms with Crippen molar-refractivity contribution in [3.63, 3.8) is 0 Å². The van der Waals surface area contributed by atoms with E-state index in [9.17, 15) is 15.6 Å². The van der Waals surface area contributed by atoms with Gasteiger partial charge < -0.3 is 5.11 Å². The lowest BCUT2D eigenvalue weighted by molar-refractivity contribution is -0.0432. The number of hydrogen-bond acceptors (Lipinski definition) is 4. The van der Waals surface area contributed by atoms with Crippen molar-refractivity contribution in [2.45, 2.75) is 43.5 Å². The fourth-order valence-electron chi connectivity index (χ4n) is 3.69. The third kappa shape index (κ3) is 3.28. The Kier molecular flexibility index (Phi) is 5.14. The van der Waals surface area contributed by atoms with E-state index in [0.29, 0.717) is 24.9 Å². The maximum atomic E-state index is 11.1. The third-order valence-corrected chi connectivity index (χ3v) is 5.03. The zero-order chi connectivity index (χ0) is 17.7. The molecule has 1 fully saturated rings. The SMILES string of the molecule is N#C[C@@H]1CCC[C@@](C#N)(C(O)c2ccccc2)N1Cc1ccccc1. The van der Waals surface area contributed by atoms with Crippen LogP contribution in [-0.2, 0) is 6.54 Å². The van der Waals surface area contributed by atoms with Crippen molar-refractivity contribution >= 4 is 0 Å². The topological polar surface area (TPSA) is 71.0 Å². The summed E-state index contributed by atoms with van der Waals surface area (Å²) in [4.78, 5) is 1.89. The Balaban J connectivity index is 2.01. The number of nitriles is 2. The van der Waals surface area contributed by atoms with E-state index in [4.69, 9.17) is 0 Å². The molecule has 1 N–H and O–H groups in total. The molecule has 0 saturated carbocycles. The Morgan fingerprint density at radius 1 is 1.08 bits per heavy atom. The molecule has 1 heterocycles. The number of aliphatic hydroxyl groups excluding tert-OH is 1. The molecule has 0 radical (unpaired) electrons. The minimum absolute atomic E-state index is 0.382. The summed E-state index contributed by atoms with van der Waals surface area (Å²) < 4.78 is 0. The molecule has 1 unspecified atom stereocenters. The van der Waals surface area contributed by atoms with Crippen molar-refractivity contribution in [2.75, 3.05) is 0 Å². The number of rotatable bonds is 4. The van der Waals surface area contributed by atoms with Crippen LogP contribution in [0.1, 0.15) is 36.5 Å². The van der Waals surface area contributed by atoms with Crippen LogP contribution in [0.4, 0.5) is 0 Å². The van der Waals surface area contributed by atoms with Gasteiger partial charge in [-0.3, -0.25) is 4.90 Å². The number of piperidine rings is 1. The molecule has 126 valence electrons. The standard InChI is InChI=1S/C21H21N3O/c22-14-19-12-7-13-21(16-23,20(25)18-10-5-2-6-11-18)24(19)15-17-8-3-1-4-9-17/h1-6,8-11,19-20,25H,7,12-13,15H2/t19-,20?,21+/m0/s1. The second-order valence-electron chi connectivity index (χ2n) is 6.50. The van der Waals surface area contributed by atoms with Gasteiger partial charge in [0.2, 0.25) is 0 Å². The van der Waals surface area contributed by atoms with Gasteiger partial charge in [-0.1, -0.05) is 60.7 Å². The Bertz CT molecular complexity index is 778. The molecule has 1 aliphatic heterocycles. The molecule has 1 saturated heterocycles. The Morgan fingerprint density at radius 3 is 2.32 bits per heavy atom. The molecule has 1 aliphatic rings. The van der Waals surface area contributed by atoms with Crippen LogP contribution in [0.3, 0.4) is 0 Å². The van der Waals surface area contributed by atoms with Crippen LogP contribution in [0.25, 0.3) is 0 Å². The van der Waals surface area contributed by atoms with Crippen LogP contribution in [-0.4, -0.2) is 21.6 Å². The average molecular weight is 331 g/mol. The van der Waals surface area contributed by atoms with Gasteiger partial charge in [-0.2, -0.15) is 10.5 Å². The largest absolute Gasteiger partial charge is 0.385 e. The second-order valence-corrected chi connectivity index (χ2v) is 6.50. The van der Waals surface area contributed by atoms with Crippen molar-refractivity contribution in [2.24, 2.45) is 0 Å². The van der Waals surface area contributed by atoms with Gasteiger partial charge in [0.1, 0.15) is 11.6 Å². The van der Waals surface area contributed by atoms with Crippen LogP contribution in [0.15, 0.2) is 60.7 Å². The molecule has 3 atom stereocenters. The van der Waals surface area contributed by atoms with Crippen molar-refractivity contribution in [1.29, 1.82) is 10.5 Å². The van der Waals surface area contributed by atoms with E-state index in [1.807, 2.05) is 65.6 Å². The first kappa shape index (κ1) is 17.2. The van der Waals surface area contributed by atoms with E-state index in [0.717, 1.165) is 12.0 Å². The Hall–Kier alpha value is -2.66. The minimum Gasteiger partial charge on any atom is -0.385 e. The molecule has 25 heavy (non-hydrogen) atoms. The molecule has 4 heteroatoms. The second kappa shape index (κ2) is 7.49. The molecule has 0 amide bonds. The van der Waals surface area contributed by atoms with E-state index < -0.39 is 11.6 Å². The Labute approximate surface area is 148 Å². The molecular weight excluding hydrogens is 310 g/mol. The highest BCUT2D eigenvalue weighted by Crippen LogP contribution is 2.41. The van der Waals surface area contributed by atoms with Crippen molar-refractivity contribution < 1.29 is 5.11 Å². The zero-order valence-corrected chi connectivity index (χ0v) is 14.0. The van der Waals surface area contributed by atoms with Gasteiger partial charge in [0, 0.05) is 6.54 Å². The third-order valence-electron chi connectivity index (χ3n) is 5.03. The summed E-state index contributed by atoms with van der Waals surface area (Å²) in [6, 6.07) is 23.4. The predicted octanol–water partition coefficient (Wildman–Crippen LogP) is 3.56. The van der Waals surface area contributed by atoms with Gasteiger partial charge in [-0.05, 0) is 30.4 Å². The number of nitrogens with zero attached hydrogens (tertiary/aromatic N) is 3. The molecule has 4 nitrogen and oxygen atoms in total. The van der Waals surface area contributed by atoms with E-state index in [1.165, 1.54) is 0 Å². The molecular formula is C21H21N3O. The van der Waals surface area contributed by atoms with Gasteiger partial charge in [0.25, 0.3) is 0 Å². The highest BCUT2D eigenvalue weighted by Gasteiger charge is 2.49. The molecule has 0 spiro atoms. The maximum absolute atomic E-state index is 11.1. The van der Waals surface area contributed by atoms with E-state index in [2.05, 4.69) is 12.1 Å². The van der Waals surface area contributed by atoms with Crippen molar-refractivity contribution in [1.82, 2.24) is 4.90 Å². The number of benzene rings is 2. The van der Waals surface area contributed by atoms with Crippen LogP contribution in [0.2, 0.25) is 0 Å². The smallest absolute Gasteiger partial charge is 0.140 e. The van der Waals surface area contributed by atoms with Gasteiger partial charge in [0.15, 0.2) is 0 Å². The van der Waals surface area contributed by atoms with Gasteiger partial charge in [-0.15, -0.1) is 0 Å². The zero-order valence-electron chi connectivity index (χ0n) is 14.0. The van der Waals surface area contributed by atoms with Crippen LogP contribution >= 0.6 is 0 Å². The van der Waals surface area contributed by atoms with Crippen molar-refractivity contribution in [3.05, 3.63) is 71.8 Å². The maximum Gasteiger partial charge on any atom is 0.140 e. The first-order chi connectivity index (χ1) is 12.2. The summed E-state index contributed by atoms with van der Waals surface area (Å²) >= 11 is 0. The highest BCUT2D eigenvalue weighted by atomic mass is 16.3. The summed E-state index contributed by atoms with van der Waals surface area (Å²) in [5.41, 5.74) is 0.640. The molecule has 0 aliphatic carbocycles. The van der Waals surface area contributed by atoms with Gasteiger partial charge >= 0.3 is 0 Å². The normalized spacial score (nSPS) is 24.8. The first-order valence-electron chi connectivity index (χ1n) is 8.56. The number of likely N-dealkylation sites (tertiary alicyclic amines) is 1.